The molecule has 0 radical (unpaired) electrons. The molecule has 31 heavy (non-hydrogen) atoms. The van der Waals surface area contributed by atoms with Crippen LogP contribution in [-0.4, -0.2) is 21.8 Å². The van der Waals surface area contributed by atoms with Gasteiger partial charge in [-0.05, 0) is 25.5 Å². The van der Waals surface area contributed by atoms with Crippen molar-refractivity contribution in [3.05, 3.63) is 106 Å². The summed E-state index contributed by atoms with van der Waals surface area (Å²) in [6.45, 7) is 3.96. The number of benzene rings is 3. The van der Waals surface area contributed by atoms with E-state index in [0.717, 1.165) is 11.1 Å². The lowest BCUT2D eigenvalue weighted by Crippen LogP contribution is -2.15. The molecule has 1 aliphatic rings. The first-order chi connectivity index (χ1) is 15.0. The molecule has 0 atom stereocenters. The van der Waals surface area contributed by atoms with Gasteiger partial charge in [0.25, 0.3) is 0 Å². The first kappa shape index (κ1) is 18.9. The van der Waals surface area contributed by atoms with Gasteiger partial charge in [-0.2, -0.15) is 0 Å². The molecular formula is C26H18N2O3. The standard InChI is InChI=1S/C26H18N2O3/c1-15-11-12-21(16(2)13-15)31-22-14-20(29)18-9-6-10-19-23(18)25(22)28-27-24(19)26(30)17-7-4-3-5-8-17/h3-14H,1-2H3. The summed E-state index contributed by atoms with van der Waals surface area (Å²) in [6, 6.07) is 20.0. The lowest BCUT2D eigenvalue weighted by Gasteiger charge is -2.19. The van der Waals surface area contributed by atoms with Gasteiger partial charge in [-0.25, -0.2) is 0 Å². The molecule has 0 amide bonds. The molecule has 1 aliphatic carbocycles. The molecule has 5 nitrogen and oxygen atoms in total. The summed E-state index contributed by atoms with van der Waals surface area (Å²) >= 11 is 0. The third kappa shape index (κ3) is 3.20. The maximum atomic E-state index is 13.1. The Kier molecular flexibility index (Phi) is 4.44. The molecule has 1 heterocycles. The molecule has 0 saturated heterocycles. The van der Waals surface area contributed by atoms with Crippen molar-refractivity contribution in [1.82, 2.24) is 10.2 Å². The summed E-state index contributed by atoms with van der Waals surface area (Å²) < 4.78 is 6.10. The number of ketones is 2. The van der Waals surface area contributed by atoms with Crippen LogP contribution in [0, 0.1) is 13.8 Å². The van der Waals surface area contributed by atoms with E-state index in [9.17, 15) is 9.59 Å². The van der Waals surface area contributed by atoms with Gasteiger partial charge in [0.05, 0.1) is 0 Å². The maximum Gasteiger partial charge on any atom is 0.213 e. The van der Waals surface area contributed by atoms with Gasteiger partial charge in [-0.1, -0.05) is 66.2 Å². The maximum absolute atomic E-state index is 13.1. The van der Waals surface area contributed by atoms with Gasteiger partial charge >= 0.3 is 0 Å². The molecule has 5 heteroatoms. The zero-order valence-corrected chi connectivity index (χ0v) is 17.0. The van der Waals surface area contributed by atoms with E-state index in [2.05, 4.69) is 10.2 Å². The van der Waals surface area contributed by atoms with Crippen molar-refractivity contribution in [3.63, 3.8) is 0 Å². The minimum atomic E-state index is -0.240. The number of nitrogens with zero attached hydrogens (tertiary/aromatic N) is 2. The Morgan fingerprint density at radius 3 is 2.48 bits per heavy atom. The van der Waals surface area contributed by atoms with Crippen LogP contribution < -0.4 is 4.74 Å². The molecule has 3 aromatic carbocycles. The van der Waals surface area contributed by atoms with Crippen molar-refractivity contribution in [2.24, 2.45) is 0 Å². The minimum absolute atomic E-state index is 0.191. The van der Waals surface area contributed by atoms with Crippen LogP contribution >= 0.6 is 0 Å². The van der Waals surface area contributed by atoms with Crippen LogP contribution in [0.2, 0.25) is 0 Å². The molecule has 1 aromatic heterocycles. The van der Waals surface area contributed by atoms with Gasteiger partial charge in [-0.3, -0.25) is 9.59 Å². The zero-order chi connectivity index (χ0) is 21.5. The summed E-state index contributed by atoms with van der Waals surface area (Å²) in [5.74, 6) is 0.537. The molecule has 0 spiro atoms. The van der Waals surface area contributed by atoms with Crippen LogP contribution in [0.25, 0.3) is 16.5 Å². The van der Waals surface area contributed by atoms with E-state index in [-0.39, 0.29) is 17.3 Å². The fourth-order valence-electron chi connectivity index (χ4n) is 3.86. The number of allylic oxidation sites excluding steroid dienone is 1. The molecule has 0 bridgehead atoms. The molecule has 0 fully saturated rings. The van der Waals surface area contributed by atoms with Gasteiger partial charge in [0.2, 0.25) is 5.78 Å². The zero-order valence-electron chi connectivity index (χ0n) is 17.0. The number of aryl methyl sites for hydroxylation is 2. The van der Waals surface area contributed by atoms with Crippen LogP contribution in [0.1, 0.15) is 43.2 Å². The highest BCUT2D eigenvalue weighted by molar-refractivity contribution is 6.24. The second-order valence-electron chi connectivity index (χ2n) is 7.56. The second kappa shape index (κ2) is 7.29. The Bertz CT molecular complexity index is 1410. The predicted octanol–water partition coefficient (Wildman–Crippen LogP) is 5.09. The van der Waals surface area contributed by atoms with Crippen molar-refractivity contribution in [1.29, 1.82) is 0 Å². The summed E-state index contributed by atoms with van der Waals surface area (Å²) in [4.78, 5) is 26.0. The lowest BCUT2D eigenvalue weighted by atomic mass is 9.92. The summed E-state index contributed by atoms with van der Waals surface area (Å²) in [5.41, 5.74) is 3.74. The minimum Gasteiger partial charge on any atom is -0.455 e. The predicted molar refractivity (Wildman–Crippen MR) is 118 cm³/mol. The Morgan fingerprint density at radius 2 is 1.71 bits per heavy atom. The van der Waals surface area contributed by atoms with E-state index >= 15 is 0 Å². The van der Waals surface area contributed by atoms with Crippen molar-refractivity contribution < 1.29 is 14.3 Å². The molecule has 0 N–H and O–H groups in total. The van der Waals surface area contributed by atoms with Crippen LogP contribution in [0.3, 0.4) is 0 Å². The number of rotatable bonds is 4. The smallest absolute Gasteiger partial charge is 0.213 e. The number of ether oxygens (including phenoxy) is 1. The first-order valence-corrected chi connectivity index (χ1v) is 9.93. The average molecular weight is 406 g/mol. The quantitative estimate of drug-likeness (QED) is 0.441. The highest BCUT2D eigenvalue weighted by Crippen LogP contribution is 2.35. The van der Waals surface area contributed by atoms with Crippen molar-refractivity contribution in [2.45, 2.75) is 13.8 Å². The molecular weight excluding hydrogens is 388 g/mol. The van der Waals surface area contributed by atoms with E-state index in [4.69, 9.17) is 4.74 Å². The van der Waals surface area contributed by atoms with Crippen molar-refractivity contribution in [2.75, 3.05) is 0 Å². The Labute approximate surface area is 179 Å². The molecule has 4 aromatic rings. The van der Waals surface area contributed by atoms with E-state index < -0.39 is 0 Å². The van der Waals surface area contributed by atoms with Crippen LogP contribution in [0.5, 0.6) is 5.75 Å². The Morgan fingerprint density at radius 1 is 0.903 bits per heavy atom. The fourth-order valence-corrected chi connectivity index (χ4v) is 3.86. The fraction of sp³-hybridized carbons (Fsp3) is 0.0769. The number of hydrogen-bond acceptors (Lipinski definition) is 5. The molecule has 150 valence electrons. The summed E-state index contributed by atoms with van der Waals surface area (Å²) in [5, 5.41) is 9.75. The normalized spacial score (nSPS) is 12.6. The monoisotopic (exact) mass is 406 g/mol. The molecule has 0 aliphatic heterocycles. The van der Waals surface area contributed by atoms with E-state index in [1.807, 2.05) is 38.1 Å². The average Bonchev–Trinajstić information content (AvgIpc) is 2.78. The highest BCUT2D eigenvalue weighted by Gasteiger charge is 2.27. The van der Waals surface area contributed by atoms with Gasteiger partial charge < -0.3 is 4.74 Å². The topological polar surface area (TPSA) is 69.2 Å². The summed E-state index contributed by atoms with van der Waals surface area (Å²) in [6.07, 6.45) is 1.43. The third-order valence-electron chi connectivity index (χ3n) is 5.37. The molecule has 0 unspecified atom stereocenters. The Balaban J connectivity index is 1.66. The lowest BCUT2D eigenvalue weighted by molar-refractivity contribution is 0.102. The number of carbonyl (C=O) groups is 2. The van der Waals surface area contributed by atoms with Crippen LogP contribution in [0.15, 0.2) is 72.8 Å². The number of aromatic nitrogens is 2. The highest BCUT2D eigenvalue weighted by atomic mass is 16.5. The van der Waals surface area contributed by atoms with Gasteiger partial charge in [0.15, 0.2) is 11.5 Å². The SMILES string of the molecule is Cc1ccc(OC2=CC(=O)c3cccc4c(C(=O)c5ccccc5)nnc2c34)c(C)c1. The van der Waals surface area contributed by atoms with Crippen molar-refractivity contribution in [3.8, 4) is 5.75 Å². The van der Waals surface area contributed by atoms with Crippen LogP contribution in [0.4, 0.5) is 0 Å². The van der Waals surface area contributed by atoms with Gasteiger partial charge in [-0.15, -0.1) is 10.2 Å². The third-order valence-corrected chi connectivity index (χ3v) is 5.37. The number of hydrogen-bond donors (Lipinski definition) is 0. The molecule has 5 rings (SSSR count). The van der Waals surface area contributed by atoms with Crippen LogP contribution in [-0.2, 0) is 0 Å². The Hall–Kier alpha value is -4.12. The first-order valence-electron chi connectivity index (χ1n) is 9.93. The van der Waals surface area contributed by atoms with Crippen molar-refractivity contribution >= 4 is 28.1 Å². The van der Waals surface area contributed by atoms with E-state index in [1.165, 1.54) is 6.08 Å². The van der Waals surface area contributed by atoms with Gasteiger partial charge in [0, 0.05) is 28.0 Å². The van der Waals surface area contributed by atoms with E-state index in [1.54, 1.807) is 42.5 Å². The van der Waals surface area contributed by atoms with Gasteiger partial charge in [0.1, 0.15) is 17.1 Å². The second-order valence-corrected chi connectivity index (χ2v) is 7.56. The number of carbonyl (C=O) groups excluding carboxylic acids is 2. The summed E-state index contributed by atoms with van der Waals surface area (Å²) in [7, 11) is 0. The largest absolute Gasteiger partial charge is 0.455 e. The van der Waals surface area contributed by atoms with E-state index in [0.29, 0.717) is 39.1 Å². The molecule has 0 saturated carbocycles.